The lowest BCUT2D eigenvalue weighted by Gasteiger charge is -2.27. The summed E-state index contributed by atoms with van der Waals surface area (Å²) in [6.07, 6.45) is 0.486. The maximum absolute atomic E-state index is 12.0. The molecule has 120 valence electrons. The van der Waals surface area contributed by atoms with Gasteiger partial charge in [0.05, 0.1) is 0 Å². The van der Waals surface area contributed by atoms with E-state index in [0.29, 0.717) is 0 Å². The van der Waals surface area contributed by atoms with E-state index in [1.165, 1.54) is 0 Å². The highest BCUT2D eigenvalue weighted by molar-refractivity contribution is 5.93. The second-order valence-corrected chi connectivity index (χ2v) is 5.62. The number of carbonyl (C=O) groups excluding carboxylic acids is 2. The van der Waals surface area contributed by atoms with E-state index in [2.05, 4.69) is 10.6 Å². The van der Waals surface area contributed by atoms with Crippen molar-refractivity contribution in [2.75, 3.05) is 50.5 Å². The molecule has 0 atom stereocenters. The van der Waals surface area contributed by atoms with Crippen LogP contribution in [-0.4, -0.2) is 57.0 Å². The monoisotopic (exact) mass is 304 g/mol. The number of hydrogen-bond acceptors (Lipinski definition) is 4. The molecule has 0 saturated carbocycles. The van der Waals surface area contributed by atoms with Crippen molar-refractivity contribution in [3.63, 3.8) is 0 Å². The Labute approximate surface area is 131 Å². The minimum absolute atomic E-state index is 0.0552. The molecule has 22 heavy (non-hydrogen) atoms. The minimum Gasteiger partial charge on any atom is -0.378 e. The molecule has 2 amide bonds. The van der Waals surface area contributed by atoms with E-state index in [1.54, 1.807) is 0 Å². The van der Waals surface area contributed by atoms with Crippen molar-refractivity contribution in [2.45, 2.75) is 12.8 Å². The van der Waals surface area contributed by atoms with E-state index in [-0.39, 0.29) is 24.7 Å². The largest absolute Gasteiger partial charge is 0.378 e. The molecule has 1 aliphatic heterocycles. The van der Waals surface area contributed by atoms with Gasteiger partial charge in [-0.15, -0.1) is 0 Å². The second kappa shape index (κ2) is 7.79. The second-order valence-electron chi connectivity index (χ2n) is 5.62. The molecule has 1 aliphatic rings. The Balaban J connectivity index is 1.76. The summed E-state index contributed by atoms with van der Waals surface area (Å²) in [5, 5.41) is 6.03. The Bertz CT molecular complexity index is 507. The summed E-state index contributed by atoms with van der Waals surface area (Å²) in [6.45, 7) is 3.12. The summed E-state index contributed by atoms with van der Waals surface area (Å²) in [4.78, 5) is 27.7. The lowest BCUT2D eigenvalue weighted by Crippen LogP contribution is -2.46. The third kappa shape index (κ3) is 4.73. The molecule has 2 N–H and O–H groups in total. The van der Waals surface area contributed by atoms with Crippen molar-refractivity contribution < 1.29 is 9.59 Å². The van der Waals surface area contributed by atoms with E-state index < -0.39 is 0 Å². The minimum atomic E-state index is -0.124. The molecule has 0 unspecified atom stereocenters. The maximum atomic E-state index is 12.0. The number of nitrogens with one attached hydrogen (secondary N) is 2. The number of carbonyl (C=O) groups is 2. The predicted molar refractivity (Wildman–Crippen MR) is 88.1 cm³/mol. The standard InChI is InChI=1S/C16H24N4O2/c1-19(2)14-5-3-13(4-6-14)18-15(21)7-8-16(22)20-11-9-17-10-12-20/h3-6,17H,7-12H2,1-2H3,(H,18,21). The first-order chi connectivity index (χ1) is 10.6. The Kier molecular flexibility index (Phi) is 5.77. The van der Waals surface area contributed by atoms with Crippen LogP contribution in [-0.2, 0) is 9.59 Å². The van der Waals surface area contributed by atoms with Gasteiger partial charge in [0.2, 0.25) is 11.8 Å². The molecular formula is C16H24N4O2. The summed E-state index contributed by atoms with van der Waals surface area (Å²) in [7, 11) is 3.94. The van der Waals surface area contributed by atoms with Gasteiger partial charge in [-0.1, -0.05) is 0 Å². The Morgan fingerprint density at radius 1 is 1.14 bits per heavy atom. The van der Waals surface area contributed by atoms with Crippen molar-refractivity contribution in [1.29, 1.82) is 0 Å². The van der Waals surface area contributed by atoms with Gasteiger partial charge in [0.15, 0.2) is 0 Å². The number of anilines is 2. The van der Waals surface area contributed by atoms with E-state index in [0.717, 1.165) is 37.6 Å². The molecular weight excluding hydrogens is 280 g/mol. The van der Waals surface area contributed by atoms with Gasteiger partial charge in [-0.3, -0.25) is 9.59 Å². The normalized spacial score (nSPS) is 14.5. The summed E-state index contributed by atoms with van der Waals surface area (Å²) < 4.78 is 0. The lowest BCUT2D eigenvalue weighted by molar-refractivity contribution is -0.133. The van der Waals surface area contributed by atoms with Crippen molar-refractivity contribution in [1.82, 2.24) is 10.2 Å². The van der Waals surface area contributed by atoms with Crippen molar-refractivity contribution in [3.05, 3.63) is 24.3 Å². The van der Waals surface area contributed by atoms with E-state index in [9.17, 15) is 9.59 Å². The summed E-state index contributed by atoms with van der Waals surface area (Å²) in [5.74, 6) is -0.0688. The van der Waals surface area contributed by atoms with E-state index in [1.807, 2.05) is 48.2 Å². The van der Waals surface area contributed by atoms with Crippen LogP contribution in [0.3, 0.4) is 0 Å². The van der Waals surface area contributed by atoms with E-state index >= 15 is 0 Å². The molecule has 0 aliphatic carbocycles. The number of nitrogens with zero attached hydrogens (tertiary/aromatic N) is 2. The quantitative estimate of drug-likeness (QED) is 0.848. The average molecular weight is 304 g/mol. The maximum Gasteiger partial charge on any atom is 0.224 e. The van der Waals surface area contributed by atoms with Crippen molar-refractivity contribution in [2.24, 2.45) is 0 Å². The summed E-state index contributed by atoms with van der Waals surface area (Å²) >= 11 is 0. The van der Waals surface area contributed by atoms with Crippen LogP contribution in [0, 0.1) is 0 Å². The van der Waals surface area contributed by atoms with Crippen LogP contribution in [0.1, 0.15) is 12.8 Å². The number of piperazine rings is 1. The van der Waals surface area contributed by atoms with Crippen molar-refractivity contribution in [3.8, 4) is 0 Å². The molecule has 1 aromatic rings. The molecule has 1 aromatic carbocycles. The Hall–Kier alpha value is -2.08. The molecule has 6 nitrogen and oxygen atoms in total. The van der Waals surface area contributed by atoms with Gasteiger partial charge in [0, 0.05) is 64.5 Å². The van der Waals surface area contributed by atoms with Crippen LogP contribution in [0.2, 0.25) is 0 Å². The molecule has 1 heterocycles. The van der Waals surface area contributed by atoms with Gasteiger partial charge in [-0.25, -0.2) is 0 Å². The number of amides is 2. The molecule has 1 saturated heterocycles. The highest BCUT2D eigenvalue weighted by Gasteiger charge is 2.16. The molecule has 0 bridgehead atoms. The Morgan fingerprint density at radius 2 is 1.77 bits per heavy atom. The molecule has 0 aromatic heterocycles. The fourth-order valence-corrected chi connectivity index (χ4v) is 2.36. The molecule has 1 fully saturated rings. The highest BCUT2D eigenvalue weighted by atomic mass is 16.2. The van der Waals surface area contributed by atoms with Gasteiger partial charge in [0.25, 0.3) is 0 Å². The summed E-state index contributed by atoms with van der Waals surface area (Å²) in [5.41, 5.74) is 1.83. The SMILES string of the molecule is CN(C)c1ccc(NC(=O)CCC(=O)N2CCNCC2)cc1. The zero-order chi connectivity index (χ0) is 15.9. The van der Waals surface area contributed by atoms with Gasteiger partial charge >= 0.3 is 0 Å². The first-order valence-corrected chi connectivity index (χ1v) is 7.62. The van der Waals surface area contributed by atoms with E-state index in [4.69, 9.17) is 0 Å². The predicted octanol–water partition coefficient (Wildman–Crippen LogP) is 0.903. The smallest absolute Gasteiger partial charge is 0.224 e. The van der Waals surface area contributed by atoms with Crippen LogP contribution in [0.4, 0.5) is 11.4 Å². The molecule has 6 heteroatoms. The lowest BCUT2D eigenvalue weighted by atomic mass is 10.2. The van der Waals surface area contributed by atoms with Gasteiger partial charge in [-0.05, 0) is 24.3 Å². The van der Waals surface area contributed by atoms with Crippen LogP contribution >= 0.6 is 0 Å². The summed E-state index contributed by atoms with van der Waals surface area (Å²) in [6, 6.07) is 7.62. The topological polar surface area (TPSA) is 64.7 Å². The fourth-order valence-electron chi connectivity index (χ4n) is 2.36. The van der Waals surface area contributed by atoms with Gasteiger partial charge in [-0.2, -0.15) is 0 Å². The van der Waals surface area contributed by atoms with Crippen LogP contribution in [0.15, 0.2) is 24.3 Å². The Morgan fingerprint density at radius 3 is 2.36 bits per heavy atom. The number of hydrogen-bond donors (Lipinski definition) is 2. The zero-order valence-corrected chi connectivity index (χ0v) is 13.3. The average Bonchev–Trinajstić information content (AvgIpc) is 2.54. The van der Waals surface area contributed by atoms with Crippen LogP contribution < -0.4 is 15.5 Å². The highest BCUT2D eigenvalue weighted by Crippen LogP contribution is 2.16. The molecule has 0 spiro atoms. The fraction of sp³-hybridized carbons (Fsp3) is 0.500. The van der Waals surface area contributed by atoms with Crippen molar-refractivity contribution >= 4 is 23.2 Å². The van der Waals surface area contributed by atoms with Gasteiger partial charge in [0.1, 0.15) is 0 Å². The molecule has 0 radical (unpaired) electrons. The third-order valence-electron chi connectivity index (χ3n) is 3.70. The first kappa shape index (κ1) is 16.3. The number of rotatable bonds is 5. The number of benzene rings is 1. The van der Waals surface area contributed by atoms with Crippen LogP contribution in [0.5, 0.6) is 0 Å². The first-order valence-electron chi connectivity index (χ1n) is 7.62. The molecule has 2 rings (SSSR count). The zero-order valence-electron chi connectivity index (χ0n) is 13.3. The third-order valence-corrected chi connectivity index (χ3v) is 3.70. The van der Waals surface area contributed by atoms with Crippen LogP contribution in [0.25, 0.3) is 0 Å². The van der Waals surface area contributed by atoms with Gasteiger partial charge < -0.3 is 20.4 Å².